The molecule has 12 nitrogen and oxygen atoms in total. The zero-order valence-corrected chi connectivity index (χ0v) is 67.2. The van der Waals surface area contributed by atoms with E-state index in [4.69, 9.17) is 39.4 Å². The number of hydrogen-bond donors (Lipinski definition) is 4. The molecule has 0 aromatic rings. The molecule has 0 fully saturated rings. The van der Waals surface area contributed by atoms with Crippen LogP contribution in [0.2, 0.25) is 0 Å². The lowest BCUT2D eigenvalue weighted by molar-refractivity contribution is -0.150. The molecule has 592 valence electrons. The van der Waals surface area contributed by atoms with E-state index in [0.717, 1.165) is 51.4 Å². The predicted molar refractivity (Wildman–Crippen MR) is 427 cm³/mol. The molecule has 0 aromatic carbocycles. The van der Waals surface area contributed by atoms with E-state index in [1.54, 1.807) is 13.8 Å². The van der Waals surface area contributed by atoms with Crippen molar-refractivity contribution < 1.29 is 58.6 Å². The Labute approximate surface area is 619 Å². The van der Waals surface area contributed by atoms with Gasteiger partial charge in [-0.05, 0) is 156 Å². The van der Waals surface area contributed by atoms with Gasteiger partial charge in [0.1, 0.15) is 12.2 Å². The van der Waals surface area contributed by atoms with Gasteiger partial charge in [-0.1, -0.05) is 282 Å². The molecule has 100 heavy (non-hydrogen) atoms. The van der Waals surface area contributed by atoms with E-state index in [2.05, 4.69) is 76.3 Å². The molecular formula is C88H168O12. The van der Waals surface area contributed by atoms with Gasteiger partial charge in [0.25, 0.3) is 0 Å². The minimum Gasteiger partial charge on any atom is -0.466 e. The Morgan fingerprint density at radius 2 is 0.440 bits per heavy atom. The van der Waals surface area contributed by atoms with Gasteiger partial charge in [-0.2, -0.15) is 0 Å². The lowest BCUT2D eigenvalue weighted by atomic mass is 10.1. The Bertz CT molecular complexity index is 1620. The average molecular weight is 1420 g/mol. The Balaban J connectivity index is -0.000000614. The Morgan fingerprint density at radius 1 is 0.260 bits per heavy atom. The van der Waals surface area contributed by atoms with Crippen molar-refractivity contribution in [1.82, 2.24) is 0 Å². The first-order valence-corrected chi connectivity index (χ1v) is 42.6. The maximum atomic E-state index is 11.5. The van der Waals surface area contributed by atoms with Crippen LogP contribution in [0.5, 0.6) is 0 Å². The van der Waals surface area contributed by atoms with Gasteiger partial charge in [0.15, 0.2) is 0 Å². The lowest BCUT2D eigenvalue weighted by Gasteiger charge is -2.11. The molecule has 4 N–H and O–H groups in total. The molecular weight excluding hydrogens is 1250 g/mol. The van der Waals surface area contributed by atoms with Gasteiger partial charge >= 0.3 is 23.9 Å². The topological polar surface area (TPSA) is 186 Å². The number of aliphatic hydroxyl groups excluding tert-OH is 4. The van der Waals surface area contributed by atoms with Crippen LogP contribution in [-0.4, -0.2) is 95.1 Å². The van der Waals surface area contributed by atoms with Crippen LogP contribution in [0.15, 0.2) is 48.6 Å². The van der Waals surface area contributed by atoms with Crippen molar-refractivity contribution in [3.05, 3.63) is 48.6 Å². The summed E-state index contributed by atoms with van der Waals surface area (Å²) in [5.74, 6) is -0.506. The average Bonchev–Trinajstić information content (AvgIpc) is 2.66. The van der Waals surface area contributed by atoms with E-state index in [1.165, 1.54) is 283 Å². The summed E-state index contributed by atoms with van der Waals surface area (Å²) in [6.07, 6.45) is 87.3. The summed E-state index contributed by atoms with van der Waals surface area (Å²) in [4.78, 5) is 46.0. The standard InChI is InChI=1S/4C22H42O3/c2*1-3-4-5-6-7-8-9-10-11-12-13-14-15-16-17-18-22(24)25-20-19-21(2)23;2*1-3-4-5-6-7-8-9-10-11-12-13-14-15-16-17-18-22(24)25-21(2)19-20-23/h4*10-11,21,23H,3-9,12-20H2,1-2H3. The number of allylic oxidation sites excluding steroid dienone is 8. The zero-order valence-electron chi connectivity index (χ0n) is 67.2. The molecule has 0 aliphatic heterocycles. The van der Waals surface area contributed by atoms with Gasteiger partial charge in [0.05, 0.1) is 25.4 Å². The van der Waals surface area contributed by atoms with Crippen LogP contribution in [0.4, 0.5) is 0 Å². The van der Waals surface area contributed by atoms with Crippen molar-refractivity contribution in [1.29, 1.82) is 0 Å². The molecule has 0 heterocycles. The quantitative estimate of drug-likeness (QED) is 0.0196. The van der Waals surface area contributed by atoms with Crippen LogP contribution in [0, 0.1) is 0 Å². The molecule has 0 aromatic heterocycles. The third-order valence-electron chi connectivity index (χ3n) is 17.9. The summed E-state index contributed by atoms with van der Waals surface area (Å²) in [5.41, 5.74) is 0. The molecule has 0 rings (SSSR count). The molecule has 0 saturated carbocycles. The zero-order chi connectivity index (χ0) is 74.4. The fourth-order valence-corrected chi connectivity index (χ4v) is 11.2. The van der Waals surface area contributed by atoms with Crippen LogP contribution < -0.4 is 0 Å². The highest BCUT2D eigenvalue weighted by Crippen LogP contribution is 2.17. The molecule has 0 amide bonds. The van der Waals surface area contributed by atoms with Crippen molar-refractivity contribution in [3.8, 4) is 0 Å². The third-order valence-corrected chi connectivity index (χ3v) is 17.9. The summed E-state index contributed by atoms with van der Waals surface area (Å²) in [7, 11) is 0. The minimum absolute atomic E-state index is 0.0713. The second kappa shape index (κ2) is 91.8. The van der Waals surface area contributed by atoms with E-state index in [1.807, 2.05) is 13.8 Å². The smallest absolute Gasteiger partial charge is 0.306 e. The van der Waals surface area contributed by atoms with Crippen molar-refractivity contribution in [2.75, 3.05) is 26.4 Å². The highest BCUT2D eigenvalue weighted by molar-refractivity contribution is 5.70. The Kier molecular flexibility index (Phi) is 94.6. The number of ether oxygens (including phenoxy) is 4. The summed E-state index contributed by atoms with van der Waals surface area (Å²) in [5, 5.41) is 35.7. The first-order chi connectivity index (χ1) is 48.7. The third kappa shape index (κ3) is 101. The molecule has 4 unspecified atom stereocenters. The fourth-order valence-electron chi connectivity index (χ4n) is 11.2. The first-order valence-electron chi connectivity index (χ1n) is 42.6. The first kappa shape index (κ1) is 103. The van der Waals surface area contributed by atoms with Crippen LogP contribution in [-0.2, 0) is 38.1 Å². The van der Waals surface area contributed by atoms with Crippen LogP contribution in [0.3, 0.4) is 0 Å². The molecule has 0 spiro atoms. The maximum Gasteiger partial charge on any atom is 0.306 e. The number of carbonyl (C=O) groups excluding carboxylic acids is 4. The molecule has 0 bridgehead atoms. The van der Waals surface area contributed by atoms with Gasteiger partial charge in [-0.15, -0.1) is 0 Å². The molecule has 0 saturated heterocycles. The van der Waals surface area contributed by atoms with E-state index >= 15 is 0 Å². The second-order valence-corrected chi connectivity index (χ2v) is 28.7. The van der Waals surface area contributed by atoms with Gasteiger partial charge in [-0.3, -0.25) is 19.2 Å². The van der Waals surface area contributed by atoms with Crippen LogP contribution in [0.25, 0.3) is 0 Å². The lowest BCUT2D eigenvalue weighted by Crippen LogP contribution is -2.15. The van der Waals surface area contributed by atoms with E-state index in [-0.39, 0.29) is 49.3 Å². The highest BCUT2D eigenvalue weighted by atomic mass is 16.6. The van der Waals surface area contributed by atoms with Crippen molar-refractivity contribution >= 4 is 23.9 Å². The van der Waals surface area contributed by atoms with E-state index < -0.39 is 12.2 Å². The number of aliphatic hydroxyl groups is 4. The number of hydrogen-bond acceptors (Lipinski definition) is 12. The number of unbranched alkanes of at least 4 members (excludes halogenated alkanes) is 44. The Morgan fingerprint density at radius 3 is 0.630 bits per heavy atom. The van der Waals surface area contributed by atoms with Gasteiger partial charge in [0, 0.05) is 64.6 Å². The fraction of sp³-hybridized carbons (Fsp3) is 0.864. The summed E-state index contributed by atoms with van der Waals surface area (Å²) >= 11 is 0. The Hall–Kier alpha value is -3.32. The van der Waals surface area contributed by atoms with Gasteiger partial charge in [-0.25, -0.2) is 0 Å². The van der Waals surface area contributed by atoms with Gasteiger partial charge < -0.3 is 39.4 Å². The van der Waals surface area contributed by atoms with Crippen LogP contribution in [0.1, 0.15) is 441 Å². The highest BCUT2D eigenvalue weighted by Gasteiger charge is 2.11. The molecule has 12 heteroatoms. The number of carbonyl (C=O) groups is 4. The summed E-state index contributed by atoms with van der Waals surface area (Å²) in [6.45, 7) is 16.9. The minimum atomic E-state index is -0.396. The SMILES string of the molecule is CCCCCCCCC=CCCCCCCCC(=O)OC(C)CCO.CCCCCCCCC=CCCCCCCCC(=O)OC(C)CCO.CCCCCCCCC=CCCCCCCCC(=O)OCCC(C)O.CCCCCCCCC=CCCCCCCCC(=O)OCCC(C)O. The maximum absolute atomic E-state index is 11.5. The number of esters is 4. The molecule has 0 radical (unpaired) electrons. The molecule has 0 aliphatic carbocycles. The van der Waals surface area contributed by atoms with Gasteiger partial charge in [0.2, 0.25) is 0 Å². The largest absolute Gasteiger partial charge is 0.466 e. The van der Waals surface area contributed by atoms with Crippen molar-refractivity contribution in [2.24, 2.45) is 0 Å². The summed E-state index contributed by atoms with van der Waals surface area (Å²) in [6, 6.07) is 0. The number of rotatable bonds is 72. The van der Waals surface area contributed by atoms with Crippen LogP contribution >= 0.6 is 0 Å². The van der Waals surface area contributed by atoms with E-state index in [0.29, 0.717) is 64.6 Å². The summed E-state index contributed by atoms with van der Waals surface area (Å²) < 4.78 is 20.5. The van der Waals surface area contributed by atoms with Crippen molar-refractivity contribution in [3.63, 3.8) is 0 Å². The normalized spacial score (nSPS) is 12.6. The predicted octanol–water partition coefficient (Wildman–Crippen LogP) is 25.4. The second-order valence-electron chi connectivity index (χ2n) is 28.7. The van der Waals surface area contributed by atoms with Crippen molar-refractivity contribution in [2.45, 2.75) is 465 Å². The monoisotopic (exact) mass is 1420 g/mol. The molecule has 0 aliphatic rings. The van der Waals surface area contributed by atoms with E-state index in [9.17, 15) is 19.2 Å². The molecule has 4 atom stereocenters.